The maximum atomic E-state index is 5.55. The summed E-state index contributed by atoms with van der Waals surface area (Å²) in [6, 6.07) is 7.75. The van der Waals surface area contributed by atoms with Crippen molar-refractivity contribution in [1.82, 2.24) is 0 Å². The Morgan fingerprint density at radius 3 is 2.13 bits per heavy atom. The first kappa shape index (κ1) is 11.9. The van der Waals surface area contributed by atoms with Crippen LogP contribution in [0.3, 0.4) is 0 Å². The van der Waals surface area contributed by atoms with Crippen molar-refractivity contribution in [2.24, 2.45) is 0 Å². The molecule has 0 radical (unpaired) electrons. The molecule has 0 aromatic heterocycles. The Morgan fingerprint density at radius 1 is 1.00 bits per heavy atom. The van der Waals surface area contributed by atoms with E-state index in [-0.39, 0.29) is 0 Å². The molecule has 84 valence electrons. The zero-order chi connectivity index (χ0) is 10.9. The number of hydrogen-bond acceptors (Lipinski definition) is 2. The largest absolute Gasteiger partial charge is 0.494 e. The van der Waals surface area contributed by atoms with Crippen LogP contribution in [0.2, 0.25) is 0 Å². The third kappa shape index (κ3) is 4.70. The van der Waals surface area contributed by atoms with E-state index in [4.69, 9.17) is 9.47 Å². The summed E-state index contributed by atoms with van der Waals surface area (Å²) < 4.78 is 10.9. The van der Waals surface area contributed by atoms with Gasteiger partial charge in [0.15, 0.2) is 0 Å². The van der Waals surface area contributed by atoms with Crippen molar-refractivity contribution in [3.63, 3.8) is 0 Å². The summed E-state index contributed by atoms with van der Waals surface area (Å²) in [4.78, 5) is 0. The molecule has 1 rings (SSSR count). The lowest BCUT2D eigenvalue weighted by atomic mass is 10.3. The molecule has 0 saturated carbocycles. The van der Waals surface area contributed by atoms with Crippen LogP contribution in [0, 0.1) is 0 Å². The Kier molecular flexibility index (Phi) is 5.63. The van der Waals surface area contributed by atoms with Gasteiger partial charge in [0, 0.05) is 0 Å². The molecule has 15 heavy (non-hydrogen) atoms. The van der Waals surface area contributed by atoms with Crippen molar-refractivity contribution in [1.29, 1.82) is 0 Å². The van der Waals surface area contributed by atoms with E-state index < -0.39 is 0 Å². The molecule has 0 saturated heterocycles. The summed E-state index contributed by atoms with van der Waals surface area (Å²) in [5.74, 6) is 1.80. The van der Waals surface area contributed by atoms with Crippen LogP contribution >= 0.6 is 0 Å². The number of rotatable bonds is 7. The lowest BCUT2D eigenvalue weighted by Crippen LogP contribution is -2.84. The summed E-state index contributed by atoms with van der Waals surface area (Å²) in [7, 11) is 0. The second kappa shape index (κ2) is 7.12. The van der Waals surface area contributed by atoms with Gasteiger partial charge in [-0.1, -0.05) is 0 Å². The molecular weight excluding hydrogens is 190 g/mol. The predicted octanol–water partition coefficient (Wildman–Crippen LogP) is 1.05. The minimum absolute atomic E-state index is 0.700. The zero-order valence-corrected chi connectivity index (χ0v) is 9.53. The summed E-state index contributed by atoms with van der Waals surface area (Å²) in [6.07, 6.45) is 0. The predicted molar refractivity (Wildman–Crippen MR) is 60.4 cm³/mol. The summed E-state index contributed by atoms with van der Waals surface area (Å²) in [5.41, 5.74) is 0. The molecule has 0 fully saturated rings. The van der Waals surface area contributed by atoms with Gasteiger partial charge < -0.3 is 14.8 Å². The molecule has 0 amide bonds. The normalized spacial score (nSPS) is 10.0. The number of quaternary nitrogens is 1. The van der Waals surface area contributed by atoms with E-state index in [1.165, 1.54) is 0 Å². The Bertz CT molecular complexity index is 259. The highest BCUT2D eigenvalue weighted by Gasteiger charge is 1.95. The minimum atomic E-state index is 0.700. The highest BCUT2D eigenvalue weighted by atomic mass is 16.5. The number of nitrogens with two attached hydrogens (primary N) is 1. The van der Waals surface area contributed by atoms with Crippen LogP contribution in [0.15, 0.2) is 24.3 Å². The van der Waals surface area contributed by atoms with E-state index >= 15 is 0 Å². The zero-order valence-electron chi connectivity index (χ0n) is 9.53. The Balaban J connectivity index is 2.29. The third-order valence-electron chi connectivity index (χ3n) is 2.01. The summed E-state index contributed by atoms with van der Waals surface area (Å²) in [5, 5.41) is 2.22. The van der Waals surface area contributed by atoms with Crippen LogP contribution < -0.4 is 14.8 Å². The van der Waals surface area contributed by atoms with Gasteiger partial charge in [0.2, 0.25) is 0 Å². The van der Waals surface area contributed by atoms with Gasteiger partial charge in [-0.05, 0) is 38.1 Å². The van der Waals surface area contributed by atoms with Gasteiger partial charge >= 0.3 is 0 Å². The molecule has 0 aliphatic heterocycles. The van der Waals surface area contributed by atoms with Gasteiger partial charge in [0.25, 0.3) is 0 Å². The molecule has 0 unspecified atom stereocenters. The van der Waals surface area contributed by atoms with Gasteiger partial charge in [0.05, 0.1) is 13.2 Å². The Morgan fingerprint density at radius 2 is 1.60 bits per heavy atom. The highest BCUT2D eigenvalue weighted by molar-refractivity contribution is 5.31. The standard InChI is InChI=1S/C12H19NO2/c1-3-13-9-10-15-12-7-5-11(6-8-12)14-4-2/h5-8,13H,3-4,9-10H2,1-2H3/p+1. The van der Waals surface area contributed by atoms with Crippen LogP contribution in [0.25, 0.3) is 0 Å². The smallest absolute Gasteiger partial charge is 0.137 e. The quantitative estimate of drug-likeness (QED) is 0.683. The maximum Gasteiger partial charge on any atom is 0.137 e. The molecule has 0 heterocycles. The van der Waals surface area contributed by atoms with Crippen LogP contribution in [0.4, 0.5) is 0 Å². The van der Waals surface area contributed by atoms with E-state index in [9.17, 15) is 0 Å². The van der Waals surface area contributed by atoms with E-state index in [1.54, 1.807) is 0 Å². The fraction of sp³-hybridized carbons (Fsp3) is 0.500. The van der Waals surface area contributed by atoms with Gasteiger partial charge in [-0.25, -0.2) is 0 Å². The average Bonchev–Trinajstić information content (AvgIpc) is 2.27. The molecule has 1 aromatic carbocycles. The molecule has 0 atom stereocenters. The molecule has 3 heteroatoms. The van der Waals surface area contributed by atoms with E-state index in [0.29, 0.717) is 6.61 Å². The van der Waals surface area contributed by atoms with Crippen molar-refractivity contribution in [3.05, 3.63) is 24.3 Å². The van der Waals surface area contributed by atoms with Crippen LogP contribution in [-0.4, -0.2) is 26.3 Å². The first-order valence-corrected chi connectivity index (χ1v) is 5.54. The Hall–Kier alpha value is -1.22. The van der Waals surface area contributed by atoms with E-state index in [0.717, 1.165) is 31.2 Å². The highest BCUT2D eigenvalue weighted by Crippen LogP contribution is 2.17. The van der Waals surface area contributed by atoms with Gasteiger partial charge in [-0.15, -0.1) is 0 Å². The molecule has 3 nitrogen and oxygen atoms in total. The lowest BCUT2D eigenvalue weighted by Gasteiger charge is -2.06. The molecule has 1 aromatic rings. The first-order chi connectivity index (χ1) is 7.36. The van der Waals surface area contributed by atoms with E-state index in [2.05, 4.69) is 12.2 Å². The summed E-state index contributed by atoms with van der Waals surface area (Å²) >= 11 is 0. The molecule has 0 spiro atoms. The lowest BCUT2D eigenvalue weighted by molar-refractivity contribution is -0.652. The fourth-order valence-corrected chi connectivity index (χ4v) is 1.26. The fourth-order valence-electron chi connectivity index (χ4n) is 1.26. The second-order valence-electron chi connectivity index (χ2n) is 3.24. The molecule has 2 N–H and O–H groups in total. The van der Waals surface area contributed by atoms with Crippen LogP contribution in [0.5, 0.6) is 11.5 Å². The second-order valence-corrected chi connectivity index (χ2v) is 3.24. The Labute approximate surface area is 91.4 Å². The first-order valence-electron chi connectivity index (χ1n) is 5.54. The molecule has 0 aliphatic rings. The van der Waals surface area contributed by atoms with Gasteiger partial charge in [-0.2, -0.15) is 0 Å². The van der Waals surface area contributed by atoms with Crippen molar-refractivity contribution >= 4 is 0 Å². The summed E-state index contributed by atoms with van der Waals surface area (Å²) in [6.45, 7) is 7.67. The number of hydrogen-bond donors (Lipinski definition) is 1. The van der Waals surface area contributed by atoms with Crippen molar-refractivity contribution in [2.45, 2.75) is 13.8 Å². The monoisotopic (exact) mass is 210 g/mol. The maximum absolute atomic E-state index is 5.55. The van der Waals surface area contributed by atoms with Crippen LogP contribution in [-0.2, 0) is 0 Å². The van der Waals surface area contributed by atoms with Gasteiger partial charge in [0.1, 0.15) is 24.7 Å². The van der Waals surface area contributed by atoms with Gasteiger partial charge in [-0.3, -0.25) is 0 Å². The number of benzene rings is 1. The van der Waals surface area contributed by atoms with Crippen molar-refractivity contribution in [3.8, 4) is 11.5 Å². The number of ether oxygens (including phenoxy) is 2. The van der Waals surface area contributed by atoms with Crippen LogP contribution in [0.1, 0.15) is 13.8 Å². The molecule has 0 aliphatic carbocycles. The van der Waals surface area contributed by atoms with Crippen molar-refractivity contribution < 1.29 is 14.8 Å². The number of likely N-dealkylation sites (N-methyl/N-ethyl adjacent to an activating group) is 1. The van der Waals surface area contributed by atoms with E-state index in [1.807, 2.05) is 31.2 Å². The minimum Gasteiger partial charge on any atom is -0.494 e. The SMILES string of the molecule is CC[NH2+]CCOc1ccc(OCC)cc1. The van der Waals surface area contributed by atoms with Crippen molar-refractivity contribution in [2.75, 3.05) is 26.3 Å². The molecule has 0 bridgehead atoms. The topological polar surface area (TPSA) is 35.1 Å². The third-order valence-corrected chi connectivity index (χ3v) is 2.01. The molecular formula is C12H20NO2+. The average molecular weight is 210 g/mol.